The van der Waals surface area contributed by atoms with E-state index >= 15 is 0 Å². The number of nitrogens with one attached hydrogen (secondary N) is 1. The first kappa shape index (κ1) is 22.0. The molecule has 1 N–H and O–H groups in total. The normalized spacial score (nSPS) is 10.6. The molecule has 0 aromatic heterocycles. The van der Waals surface area contributed by atoms with Gasteiger partial charge in [0.15, 0.2) is 0 Å². The number of hydrogen-bond donors (Lipinski definition) is 1. The van der Waals surface area contributed by atoms with Crippen LogP contribution in [-0.2, 0) is 22.4 Å². The summed E-state index contributed by atoms with van der Waals surface area (Å²) in [5.41, 5.74) is 6.92. The Morgan fingerprint density at radius 3 is 2.36 bits per heavy atom. The molecule has 5 heteroatoms. The van der Waals surface area contributed by atoms with Gasteiger partial charge in [0.05, 0.1) is 6.42 Å². The molecule has 0 aliphatic rings. The summed E-state index contributed by atoms with van der Waals surface area (Å²) in [5.74, 6) is -0.274. The van der Waals surface area contributed by atoms with Crippen LogP contribution in [0.5, 0.6) is 0 Å². The quantitative estimate of drug-likeness (QED) is 0.647. The van der Waals surface area contributed by atoms with Crippen molar-refractivity contribution in [3.63, 3.8) is 0 Å². The van der Waals surface area contributed by atoms with Crippen LogP contribution in [0.4, 0.5) is 0 Å². The Hall–Kier alpha value is -2.33. The van der Waals surface area contributed by atoms with Crippen LogP contribution in [0.25, 0.3) is 0 Å². The van der Waals surface area contributed by atoms with Gasteiger partial charge in [0, 0.05) is 18.0 Å². The van der Waals surface area contributed by atoms with Gasteiger partial charge >= 0.3 is 0 Å². The van der Waals surface area contributed by atoms with E-state index < -0.39 is 0 Å². The fourth-order valence-corrected chi connectivity index (χ4v) is 3.00. The van der Waals surface area contributed by atoms with E-state index in [0.717, 1.165) is 29.5 Å². The molecule has 0 fully saturated rings. The molecule has 2 aromatic carbocycles. The lowest BCUT2D eigenvalue weighted by Crippen LogP contribution is -2.47. The van der Waals surface area contributed by atoms with Gasteiger partial charge in [0.1, 0.15) is 0 Å². The minimum atomic E-state index is -0.146. The maximum absolute atomic E-state index is 12.7. The number of carbonyl (C=O) groups excluding carboxylic acids is 2. The van der Waals surface area contributed by atoms with Crippen LogP contribution in [-0.4, -0.2) is 23.4 Å². The zero-order chi connectivity index (χ0) is 20.5. The van der Waals surface area contributed by atoms with Crippen LogP contribution in [0.15, 0.2) is 42.5 Å². The van der Waals surface area contributed by atoms with E-state index in [0.29, 0.717) is 24.4 Å². The average Bonchev–Trinajstić information content (AvgIpc) is 2.67. The summed E-state index contributed by atoms with van der Waals surface area (Å²) in [6.45, 7) is 6.53. The van der Waals surface area contributed by atoms with E-state index in [9.17, 15) is 9.59 Å². The Bertz CT molecular complexity index is 803. The Morgan fingerprint density at radius 2 is 1.71 bits per heavy atom. The van der Waals surface area contributed by atoms with Crippen LogP contribution in [0, 0.1) is 13.8 Å². The second-order valence-corrected chi connectivity index (χ2v) is 7.59. The molecule has 4 nitrogen and oxygen atoms in total. The summed E-state index contributed by atoms with van der Waals surface area (Å²) >= 11 is 6.16. The number of hydrazine groups is 1. The predicted molar refractivity (Wildman–Crippen MR) is 114 cm³/mol. The smallest absolute Gasteiger partial charge is 0.245 e. The Morgan fingerprint density at radius 1 is 1.04 bits per heavy atom. The van der Waals surface area contributed by atoms with Gasteiger partial charge in [-0.15, -0.1) is 0 Å². The Labute approximate surface area is 172 Å². The lowest BCUT2D eigenvalue weighted by Gasteiger charge is -2.23. The fraction of sp³-hybridized carbons (Fsp3) is 0.391. The van der Waals surface area contributed by atoms with E-state index in [1.54, 1.807) is 0 Å². The standard InChI is InChI=1S/C23H29ClN2O2/c1-4-5-14-26(23(28)16-20-11-8-18(3)21(24)15-20)25-22(27)13-12-19-9-6-17(2)7-10-19/h6-11,15H,4-5,12-14,16H2,1-3H3,(H,25,27). The van der Waals surface area contributed by atoms with Crippen molar-refractivity contribution in [1.29, 1.82) is 0 Å². The van der Waals surface area contributed by atoms with Crippen LogP contribution < -0.4 is 5.43 Å². The summed E-state index contributed by atoms with van der Waals surface area (Å²) in [6, 6.07) is 13.8. The molecular weight excluding hydrogens is 372 g/mol. The lowest BCUT2D eigenvalue weighted by molar-refractivity contribution is -0.141. The monoisotopic (exact) mass is 400 g/mol. The van der Waals surface area contributed by atoms with Crippen molar-refractivity contribution in [2.75, 3.05) is 6.54 Å². The topological polar surface area (TPSA) is 49.4 Å². The van der Waals surface area contributed by atoms with Gasteiger partial charge in [0.25, 0.3) is 0 Å². The molecule has 2 aromatic rings. The molecule has 0 aliphatic heterocycles. The summed E-state index contributed by atoms with van der Waals surface area (Å²) in [5, 5.41) is 2.10. The lowest BCUT2D eigenvalue weighted by atomic mass is 10.1. The van der Waals surface area contributed by atoms with Gasteiger partial charge in [-0.1, -0.05) is 66.9 Å². The van der Waals surface area contributed by atoms with Crippen molar-refractivity contribution in [3.8, 4) is 0 Å². The number of aryl methyl sites for hydroxylation is 3. The zero-order valence-corrected chi connectivity index (χ0v) is 17.7. The Balaban J connectivity index is 1.94. The van der Waals surface area contributed by atoms with Gasteiger partial charge in [-0.25, -0.2) is 0 Å². The minimum Gasteiger partial charge on any atom is -0.273 e. The maximum atomic E-state index is 12.7. The summed E-state index contributed by atoms with van der Waals surface area (Å²) in [4.78, 5) is 25.1. The molecular formula is C23H29ClN2O2. The number of amides is 2. The third kappa shape index (κ3) is 7.01. The molecule has 0 atom stereocenters. The number of carbonyl (C=O) groups is 2. The van der Waals surface area contributed by atoms with Crippen molar-refractivity contribution in [2.24, 2.45) is 0 Å². The van der Waals surface area contributed by atoms with Crippen LogP contribution >= 0.6 is 11.6 Å². The van der Waals surface area contributed by atoms with Gasteiger partial charge in [-0.05, 0) is 49.4 Å². The minimum absolute atomic E-state index is 0.128. The molecule has 0 spiro atoms. The van der Waals surface area contributed by atoms with E-state index in [2.05, 4.69) is 12.3 Å². The second kappa shape index (κ2) is 10.9. The van der Waals surface area contributed by atoms with Gasteiger partial charge in [-0.3, -0.25) is 20.0 Å². The van der Waals surface area contributed by atoms with Crippen molar-refractivity contribution in [1.82, 2.24) is 10.4 Å². The third-order valence-corrected chi connectivity index (χ3v) is 5.06. The van der Waals surface area contributed by atoms with E-state index in [4.69, 9.17) is 11.6 Å². The first-order valence-electron chi connectivity index (χ1n) is 9.79. The summed E-state index contributed by atoms with van der Waals surface area (Å²) < 4.78 is 0. The molecule has 2 amide bonds. The van der Waals surface area contributed by atoms with Crippen molar-refractivity contribution in [3.05, 3.63) is 69.7 Å². The molecule has 2 rings (SSSR count). The van der Waals surface area contributed by atoms with Crippen molar-refractivity contribution in [2.45, 2.75) is 52.9 Å². The zero-order valence-electron chi connectivity index (χ0n) is 16.9. The first-order valence-corrected chi connectivity index (χ1v) is 10.2. The van der Waals surface area contributed by atoms with E-state index in [1.807, 2.05) is 56.3 Å². The summed E-state index contributed by atoms with van der Waals surface area (Å²) in [7, 11) is 0. The Kier molecular flexibility index (Phi) is 8.52. The molecule has 0 radical (unpaired) electrons. The number of unbranched alkanes of at least 4 members (excludes halogenated alkanes) is 1. The largest absolute Gasteiger partial charge is 0.273 e. The number of halogens is 1. The molecule has 0 saturated carbocycles. The van der Waals surface area contributed by atoms with Crippen LogP contribution in [0.2, 0.25) is 5.02 Å². The molecule has 0 unspecified atom stereocenters. The summed E-state index contributed by atoms with van der Waals surface area (Å²) in [6.07, 6.45) is 2.98. The fourth-order valence-electron chi connectivity index (χ4n) is 2.79. The molecule has 0 aliphatic carbocycles. The number of nitrogens with zero attached hydrogens (tertiary/aromatic N) is 1. The highest BCUT2D eigenvalue weighted by Gasteiger charge is 2.17. The average molecular weight is 401 g/mol. The highest BCUT2D eigenvalue weighted by molar-refractivity contribution is 6.31. The van der Waals surface area contributed by atoms with E-state index in [-0.39, 0.29) is 18.2 Å². The van der Waals surface area contributed by atoms with Crippen LogP contribution in [0.1, 0.15) is 48.4 Å². The maximum Gasteiger partial charge on any atom is 0.245 e. The molecule has 0 heterocycles. The van der Waals surface area contributed by atoms with Crippen molar-refractivity contribution < 1.29 is 9.59 Å². The van der Waals surface area contributed by atoms with Gasteiger partial charge in [-0.2, -0.15) is 0 Å². The van der Waals surface area contributed by atoms with Gasteiger partial charge < -0.3 is 0 Å². The number of hydrogen-bond acceptors (Lipinski definition) is 2. The van der Waals surface area contributed by atoms with Crippen molar-refractivity contribution >= 4 is 23.4 Å². The number of benzene rings is 2. The van der Waals surface area contributed by atoms with Gasteiger partial charge in [0.2, 0.25) is 11.8 Å². The molecule has 0 bridgehead atoms. The first-order chi connectivity index (χ1) is 13.4. The third-order valence-electron chi connectivity index (χ3n) is 4.65. The second-order valence-electron chi connectivity index (χ2n) is 7.18. The van der Waals surface area contributed by atoms with Crippen LogP contribution in [0.3, 0.4) is 0 Å². The highest BCUT2D eigenvalue weighted by atomic mass is 35.5. The number of rotatable bonds is 8. The predicted octanol–water partition coefficient (Wildman–Crippen LogP) is 4.79. The van der Waals surface area contributed by atoms with E-state index in [1.165, 1.54) is 10.6 Å². The molecule has 150 valence electrons. The highest BCUT2D eigenvalue weighted by Crippen LogP contribution is 2.17. The molecule has 28 heavy (non-hydrogen) atoms. The molecule has 0 saturated heterocycles. The SMILES string of the molecule is CCCCN(NC(=O)CCc1ccc(C)cc1)C(=O)Cc1ccc(C)c(Cl)c1.